The maximum absolute atomic E-state index is 11.3. The standard InChI is InChI=1S/C10H20N2O4/c1-4-6(2)7(3)12-10(16)11-5-8(13)9(14)15/h6-8,13H,4-5H2,1-3H3,(H,14,15)(H2,11,12,16). The third-order valence-electron chi connectivity index (χ3n) is 2.60. The van der Waals surface area contributed by atoms with Crippen molar-refractivity contribution in [1.82, 2.24) is 10.6 Å². The molecule has 0 rings (SSSR count). The summed E-state index contributed by atoms with van der Waals surface area (Å²) in [5, 5.41) is 22.3. The van der Waals surface area contributed by atoms with Gasteiger partial charge in [-0.25, -0.2) is 9.59 Å². The average Bonchev–Trinajstić information content (AvgIpc) is 2.24. The molecule has 6 nitrogen and oxygen atoms in total. The van der Waals surface area contributed by atoms with Crippen molar-refractivity contribution < 1.29 is 19.8 Å². The first-order valence-electron chi connectivity index (χ1n) is 5.33. The van der Waals surface area contributed by atoms with Gasteiger partial charge in [0.05, 0.1) is 6.54 Å². The van der Waals surface area contributed by atoms with Gasteiger partial charge in [0.15, 0.2) is 6.10 Å². The maximum Gasteiger partial charge on any atom is 0.334 e. The lowest BCUT2D eigenvalue weighted by molar-refractivity contribution is -0.146. The second-order valence-electron chi connectivity index (χ2n) is 3.88. The van der Waals surface area contributed by atoms with E-state index in [9.17, 15) is 9.59 Å². The molecule has 0 heterocycles. The number of amides is 2. The van der Waals surface area contributed by atoms with Crippen molar-refractivity contribution in [3.63, 3.8) is 0 Å². The summed E-state index contributed by atoms with van der Waals surface area (Å²) in [7, 11) is 0. The molecule has 0 aromatic rings. The van der Waals surface area contributed by atoms with E-state index in [0.29, 0.717) is 5.92 Å². The molecule has 94 valence electrons. The minimum Gasteiger partial charge on any atom is -0.479 e. The van der Waals surface area contributed by atoms with Gasteiger partial charge in [0.1, 0.15) is 0 Å². The lowest BCUT2D eigenvalue weighted by atomic mass is 10.0. The Hall–Kier alpha value is -1.30. The Balaban J connectivity index is 3.87. The van der Waals surface area contributed by atoms with E-state index in [4.69, 9.17) is 10.2 Å². The summed E-state index contributed by atoms with van der Waals surface area (Å²) in [4.78, 5) is 21.5. The van der Waals surface area contributed by atoms with Gasteiger partial charge in [-0.05, 0) is 12.8 Å². The molecule has 0 bridgehead atoms. The van der Waals surface area contributed by atoms with Crippen LogP contribution in [0.1, 0.15) is 27.2 Å². The Bertz CT molecular complexity index is 245. The summed E-state index contributed by atoms with van der Waals surface area (Å²) in [5.41, 5.74) is 0. The molecule has 0 saturated heterocycles. The zero-order chi connectivity index (χ0) is 12.7. The summed E-state index contributed by atoms with van der Waals surface area (Å²) in [5.74, 6) is -1.01. The maximum atomic E-state index is 11.3. The third kappa shape index (κ3) is 5.55. The van der Waals surface area contributed by atoms with Crippen LogP contribution in [0.3, 0.4) is 0 Å². The van der Waals surface area contributed by atoms with E-state index >= 15 is 0 Å². The Morgan fingerprint density at radius 3 is 2.31 bits per heavy atom. The highest BCUT2D eigenvalue weighted by Crippen LogP contribution is 2.05. The fourth-order valence-electron chi connectivity index (χ4n) is 1.03. The number of carbonyl (C=O) groups excluding carboxylic acids is 1. The number of aliphatic hydroxyl groups excluding tert-OH is 1. The highest BCUT2D eigenvalue weighted by Gasteiger charge is 2.16. The van der Waals surface area contributed by atoms with Crippen molar-refractivity contribution in [2.45, 2.75) is 39.3 Å². The summed E-state index contributed by atoms with van der Waals surface area (Å²) < 4.78 is 0. The molecule has 3 atom stereocenters. The molecule has 0 fully saturated rings. The van der Waals surface area contributed by atoms with Crippen molar-refractivity contribution in [3.05, 3.63) is 0 Å². The Morgan fingerprint density at radius 2 is 1.88 bits per heavy atom. The van der Waals surface area contributed by atoms with E-state index in [1.165, 1.54) is 0 Å². The van der Waals surface area contributed by atoms with Gasteiger partial charge in [-0.1, -0.05) is 20.3 Å². The van der Waals surface area contributed by atoms with Crippen molar-refractivity contribution in [3.8, 4) is 0 Å². The Labute approximate surface area is 95.0 Å². The predicted octanol–water partition coefficient (Wildman–Crippen LogP) is 0.166. The van der Waals surface area contributed by atoms with Gasteiger partial charge >= 0.3 is 12.0 Å². The van der Waals surface area contributed by atoms with Crippen LogP contribution < -0.4 is 10.6 Å². The molecule has 6 heteroatoms. The molecule has 2 amide bonds. The van der Waals surface area contributed by atoms with Crippen LogP contribution in [0.5, 0.6) is 0 Å². The third-order valence-corrected chi connectivity index (χ3v) is 2.60. The smallest absolute Gasteiger partial charge is 0.334 e. The minimum atomic E-state index is -1.57. The Morgan fingerprint density at radius 1 is 1.31 bits per heavy atom. The monoisotopic (exact) mass is 232 g/mol. The van der Waals surface area contributed by atoms with Crippen LogP contribution in [0.25, 0.3) is 0 Å². The largest absolute Gasteiger partial charge is 0.479 e. The second-order valence-corrected chi connectivity index (χ2v) is 3.88. The second kappa shape index (κ2) is 7.05. The van der Waals surface area contributed by atoms with Crippen LogP contribution in [-0.4, -0.2) is 40.9 Å². The SMILES string of the molecule is CCC(C)C(C)NC(=O)NCC(O)C(=O)O. The summed E-state index contributed by atoms with van der Waals surface area (Å²) in [6.07, 6.45) is -0.621. The first kappa shape index (κ1) is 14.7. The van der Waals surface area contributed by atoms with Crippen LogP contribution in [0.15, 0.2) is 0 Å². The van der Waals surface area contributed by atoms with Gasteiger partial charge in [-0.2, -0.15) is 0 Å². The van der Waals surface area contributed by atoms with Gasteiger partial charge in [0, 0.05) is 6.04 Å². The van der Waals surface area contributed by atoms with Crippen LogP contribution in [-0.2, 0) is 4.79 Å². The number of carboxylic acid groups (broad SMARTS) is 1. The first-order chi connectivity index (χ1) is 7.38. The number of urea groups is 1. The number of aliphatic carboxylic acids is 1. The van der Waals surface area contributed by atoms with Crippen molar-refractivity contribution >= 4 is 12.0 Å². The molecule has 3 unspecified atom stereocenters. The van der Waals surface area contributed by atoms with Crippen LogP contribution >= 0.6 is 0 Å². The average molecular weight is 232 g/mol. The van der Waals surface area contributed by atoms with Crippen molar-refractivity contribution in [1.29, 1.82) is 0 Å². The van der Waals surface area contributed by atoms with Gasteiger partial charge in [-0.3, -0.25) is 0 Å². The number of hydrogen-bond donors (Lipinski definition) is 4. The van der Waals surface area contributed by atoms with Gasteiger partial charge in [-0.15, -0.1) is 0 Å². The molecule has 0 aliphatic heterocycles. The molecule has 0 aromatic carbocycles. The zero-order valence-corrected chi connectivity index (χ0v) is 9.86. The molecular weight excluding hydrogens is 212 g/mol. The number of nitrogens with one attached hydrogen (secondary N) is 2. The van der Waals surface area contributed by atoms with E-state index in [1.54, 1.807) is 0 Å². The molecule has 16 heavy (non-hydrogen) atoms. The number of hydrogen-bond acceptors (Lipinski definition) is 3. The number of rotatable bonds is 6. The first-order valence-corrected chi connectivity index (χ1v) is 5.33. The predicted molar refractivity (Wildman–Crippen MR) is 59.1 cm³/mol. The molecule has 0 radical (unpaired) electrons. The van der Waals surface area contributed by atoms with Gasteiger partial charge in [0.2, 0.25) is 0 Å². The topological polar surface area (TPSA) is 98.7 Å². The number of aliphatic hydroxyl groups is 1. The highest BCUT2D eigenvalue weighted by atomic mass is 16.4. The van der Waals surface area contributed by atoms with Crippen LogP contribution in [0.4, 0.5) is 4.79 Å². The normalized spacial score (nSPS) is 16.0. The van der Waals surface area contributed by atoms with Gasteiger partial charge in [0.25, 0.3) is 0 Å². The molecular formula is C10H20N2O4. The van der Waals surface area contributed by atoms with E-state index in [-0.39, 0.29) is 12.6 Å². The fourth-order valence-corrected chi connectivity index (χ4v) is 1.03. The Kier molecular flexibility index (Phi) is 6.48. The van der Waals surface area contributed by atoms with Crippen molar-refractivity contribution in [2.24, 2.45) is 5.92 Å². The summed E-state index contributed by atoms with van der Waals surface area (Å²) >= 11 is 0. The van der Waals surface area contributed by atoms with E-state index in [2.05, 4.69) is 10.6 Å². The molecule has 0 aliphatic carbocycles. The van der Waals surface area contributed by atoms with E-state index in [1.807, 2.05) is 20.8 Å². The molecule has 0 spiro atoms. The zero-order valence-electron chi connectivity index (χ0n) is 9.86. The van der Waals surface area contributed by atoms with Gasteiger partial charge < -0.3 is 20.8 Å². The molecule has 0 saturated carbocycles. The lowest BCUT2D eigenvalue weighted by Gasteiger charge is -2.20. The summed E-state index contributed by atoms with van der Waals surface area (Å²) in [6.45, 7) is 5.61. The van der Waals surface area contributed by atoms with Crippen LogP contribution in [0, 0.1) is 5.92 Å². The summed E-state index contributed by atoms with van der Waals surface area (Å²) in [6, 6.07) is -0.458. The quantitative estimate of drug-likeness (QED) is 0.524. The van der Waals surface area contributed by atoms with E-state index in [0.717, 1.165) is 6.42 Å². The highest BCUT2D eigenvalue weighted by molar-refractivity contribution is 5.76. The minimum absolute atomic E-state index is 0.00645. The van der Waals surface area contributed by atoms with Crippen LogP contribution in [0.2, 0.25) is 0 Å². The molecule has 0 aliphatic rings. The van der Waals surface area contributed by atoms with Crippen molar-refractivity contribution in [2.75, 3.05) is 6.54 Å². The molecule has 0 aromatic heterocycles. The lowest BCUT2D eigenvalue weighted by Crippen LogP contribution is -2.46. The fraction of sp³-hybridized carbons (Fsp3) is 0.800. The molecule has 4 N–H and O–H groups in total. The number of carboxylic acids is 1. The van der Waals surface area contributed by atoms with E-state index < -0.39 is 18.1 Å². The number of carbonyl (C=O) groups is 2.